The Hall–Kier alpha value is -1.72. The fourth-order valence-corrected chi connectivity index (χ4v) is 3.07. The van der Waals surface area contributed by atoms with E-state index in [0.29, 0.717) is 0 Å². The summed E-state index contributed by atoms with van der Waals surface area (Å²) in [4.78, 5) is 12.0. The van der Waals surface area contributed by atoms with Crippen LogP contribution in [0, 0.1) is 5.82 Å². The van der Waals surface area contributed by atoms with Crippen LogP contribution in [-0.4, -0.2) is 17.1 Å². The van der Waals surface area contributed by atoms with Crippen LogP contribution in [0.3, 0.4) is 0 Å². The van der Waals surface area contributed by atoms with Gasteiger partial charge in [-0.3, -0.25) is 4.79 Å². The van der Waals surface area contributed by atoms with Crippen molar-refractivity contribution in [1.29, 1.82) is 0 Å². The molecule has 0 amide bonds. The van der Waals surface area contributed by atoms with Crippen LogP contribution in [0.2, 0.25) is 0 Å². The molecule has 2 N–H and O–H groups in total. The highest BCUT2D eigenvalue weighted by Crippen LogP contribution is 2.23. The Labute approximate surface area is 127 Å². The molecule has 0 aliphatic heterocycles. The molecule has 21 heavy (non-hydrogen) atoms. The summed E-state index contributed by atoms with van der Waals surface area (Å²) in [7, 11) is 0. The Balaban J connectivity index is 1.99. The molecule has 2 unspecified atom stereocenters. The summed E-state index contributed by atoms with van der Waals surface area (Å²) in [5.41, 5.74) is 1.02. The molecule has 1 heterocycles. The SMILES string of the molecule is CC(Cc1ccc(F)cc1)NC(CC(=O)O)c1cccs1. The predicted molar refractivity (Wildman–Crippen MR) is 82.0 cm³/mol. The maximum Gasteiger partial charge on any atom is 0.305 e. The van der Waals surface area contributed by atoms with E-state index in [-0.39, 0.29) is 24.3 Å². The molecule has 5 heteroatoms. The number of carbonyl (C=O) groups is 1. The van der Waals surface area contributed by atoms with E-state index in [9.17, 15) is 9.18 Å². The number of hydrogen-bond acceptors (Lipinski definition) is 3. The molecule has 1 aromatic heterocycles. The van der Waals surface area contributed by atoms with Gasteiger partial charge in [0.2, 0.25) is 0 Å². The normalized spacial score (nSPS) is 13.8. The van der Waals surface area contributed by atoms with Crippen molar-refractivity contribution in [1.82, 2.24) is 5.32 Å². The fourth-order valence-electron chi connectivity index (χ4n) is 2.28. The highest BCUT2D eigenvalue weighted by molar-refractivity contribution is 7.10. The minimum absolute atomic E-state index is 0.0499. The van der Waals surface area contributed by atoms with E-state index in [1.165, 1.54) is 12.1 Å². The van der Waals surface area contributed by atoms with E-state index in [4.69, 9.17) is 5.11 Å². The summed E-state index contributed by atoms with van der Waals surface area (Å²) in [5, 5.41) is 14.3. The summed E-state index contributed by atoms with van der Waals surface area (Å²) >= 11 is 1.55. The lowest BCUT2D eigenvalue weighted by Crippen LogP contribution is -2.33. The lowest BCUT2D eigenvalue weighted by Gasteiger charge is -2.21. The van der Waals surface area contributed by atoms with Crippen molar-refractivity contribution in [2.75, 3.05) is 0 Å². The minimum atomic E-state index is -0.824. The Bertz CT molecular complexity index is 568. The van der Waals surface area contributed by atoms with Crippen molar-refractivity contribution in [2.24, 2.45) is 0 Å². The fraction of sp³-hybridized carbons (Fsp3) is 0.312. The van der Waals surface area contributed by atoms with E-state index in [1.807, 2.05) is 24.4 Å². The molecule has 112 valence electrons. The smallest absolute Gasteiger partial charge is 0.305 e. The van der Waals surface area contributed by atoms with Crippen LogP contribution < -0.4 is 5.32 Å². The Morgan fingerprint density at radius 2 is 2.05 bits per heavy atom. The number of thiophene rings is 1. The van der Waals surface area contributed by atoms with Gasteiger partial charge in [-0.15, -0.1) is 11.3 Å². The van der Waals surface area contributed by atoms with Gasteiger partial charge >= 0.3 is 5.97 Å². The highest BCUT2D eigenvalue weighted by Gasteiger charge is 2.18. The molecule has 0 saturated heterocycles. The predicted octanol–water partition coefficient (Wildman–Crippen LogP) is 3.62. The van der Waals surface area contributed by atoms with Crippen molar-refractivity contribution < 1.29 is 14.3 Å². The highest BCUT2D eigenvalue weighted by atomic mass is 32.1. The van der Waals surface area contributed by atoms with E-state index >= 15 is 0 Å². The molecular weight excluding hydrogens is 289 g/mol. The molecule has 0 spiro atoms. The van der Waals surface area contributed by atoms with Crippen LogP contribution in [0.4, 0.5) is 4.39 Å². The average molecular weight is 307 g/mol. The molecule has 0 radical (unpaired) electrons. The van der Waals surface area contributed by atoms with Crippen LogP contribution in [0.25, 0.3) is 0 Å². The van der Waals surface area contributed by atoms with Crippen LogP contribution in [0.5, 0.6) is 0 Å². The Morgan fingerprint density at radius 3 is 2.62 bits per heavy atom. The summed E-state index contributed by atoms with van der Waals surface area (Å²) in [6.07, 6.45) is 0.774. The van der Waals surface area contributed by atoms with Crippen molar-refractivity contribution in [2.45, 2.75) is 31.8 Å². The summed E-state index contributed by atoms with van der Waals surface area (Å²) in [6.45, 7) is 2.01. The number of carboxylic acid groups (broad SMARTS) is 1. The summed E-state index contributed by atoms with van der Waals surface area (Å²) < 4.78 is 12.9. The second-order valence-electron chi connectivity index (χ2n) is 5.06. The lowest BCUT2D eigenvalue weighted by atomic mass is 10.0. The first-order chi connectivity index (χ1) is 10.0. The standard InChI is InChI=1S/C16H18FNO2S/c1-11(9-12-4-6-13(17)7-5-12)18-14(10-16(19)20)15-3-2-8-21-15/h2-8,11,14,18H,9-10H2,1H3,(H,19,20). The number of halogens is 1. The van der Waals surface area contributed by atoms with E-state index in [2.05, 4.69) is 5.32 Å². The zero-order chi connectivity index (χ0) is 15.2. The molecule has 0 fully saturated rings. The van der Waals surface area contributed by atoms with Gasteiger partial charge < -0.3 is 10.4 Å². The second kappa shape index (κ2) is 7.33. The number of rotatable bonds is 7. The topological polar surface area (TPSA) is 49.3 Å². The molecular formula is C16H18FNO2S. The molecule has 0 bridgehead atoms. The van der Waals surface area contributed by atoms with Crippen LogP contribution in [-0.2, 0) is 11.2 Å². The maximum absolute atomic E-state index is 12.9. The molecule has 2 atom stereocenters. The number of aliphatic carboxylic acids is 1. The molecule has 3 nitrogen and oxygen atoms in total. The van der Waals surface area contributed by atoms with Gasteiger partial charge in [0, 0.05) is 10.9 Å². The van der Waals surface area contributed by atoms with E-state index in [0.717, 1.165) is 16.9 Å². The zero-order valence-corrected chi connectivity index (χ0v) is 12.6. The van der Waals surface area contributed by atoms with Crippen molar-refractivity contribution in [3.8, 4) is 0 Å². The van der Waals surface area contributed by atoms with E-state index in [1.54, 1.807) is 23.5 Å². The van der Waals surface area contributed by atoms with Gasteiger partial charge in [0.05, 0.1) is 12.5 Å². The van der Waals surface area contributed by atoms with Crippen LogP contribution in [0.1, 0.15) is 29.8 Å². The van der Waals surface area contributed by atoms with Crippen molar-refractivity contribution in [3.05, 3.63) is 58.0 Å². The number of nitrogens with one attached hydrogen (secondary N) is 1. The third-order valence-corrected chi connectivity index (χ3v) is 4.19. The second-order valence-corrected chi connectivity index (χ2v) is 6.04. The van der Waals surface area contributed by atoms with Crippen molar-refractivity contribution in [3.63, 3.8) is 0 Å². The maximum atomic E-state index is 12.9. The molecule has 0 aliphatic rings. The van der Waals surface area contributed by atoms with Gasteiger partial charge in [-0.05, 0) is 42.5 Å². The van der Waals surface area contributed by atoms with Crippen LogP contribution in [0.15, 0.2) is 41.8 Å². The third-order valence-electron chi connectivity index (χ3n) is 3.21. The molecule has 1 aromatic carbocycles. The van der Waals surface area contributed by atoms with Gasteiger partial charge in [-0.25, -0.2) is 4.39 Å². The zero-order valence-electron chi connectivity index (χ0n) is 11.8. The Morgan fingerprint density at radius 1 is 1.33 bits per heavy atom. The van der Waals surface area contributed by atoms with Gasteiger partial charge in [0.15, 0.2) is 0 Å². The van der Waals surface area contributed by atoms with E-state index < -0.39 is 5.97 Å². The first-order valence-electron chi connectivity index (χ1n) is 6.80. The number of carboxylic acids is 1. The van der Waals surface area contributed by atoms with Gasteiger partial charge in [0.1, 0.15) is 5.82 Å². The first kappa shape index (κ1) is 15.7. The Kier molecular flexibility index (Phi) is 5.47. The molecule has 2 aromatic rings. The number of benzene rings is 1. The van der Waals surface area contributed by atoms with Gasteiger partial charge in [0.25, 0.3) is 0 Å². The van der Waals surface area contributed by atoms with Gasteiger partial charge in [-0.2, -0.15) is 0 Å². The average Bonchev–Trinajstić information content (AvgIpc) is 2.94. The largest absolute Gasteiger partial charge is 0.481 e. The summed E-state index contributed by atoms with van der Waals surface area (Å²) in [6, 6.07) is 10.2. The summed E-state index contributed by atoms with van der Waals surface area (Å²) in [5.74, 6) is -1.07. The lowest BCUT2D eigenvalue weighted by molar-refractivity contribution is -0.137. The molecule has 2 rings (SSSR count). The monoisotopic (exact) mass is 307 g/mol. The molecule has 0 saturated carbocycles. The third kappa shape index (κ3) is 4.95. The minimum Gasteiger partial charge on any atom is -0.481 e. The van der Waals surface area contributed by atoms with Crippen LogP contribution >= 0.6 is 11.3 Å². The first-order valence-corrected chi connectivity index (χ1v) is 7.68. The quantitative estimate of drug-likeness (QED) is 0.821. The van der Waals surface area contributed by atoms with Gasteiger partial charge in [-0.1, -0.05) is 18.2 Å². The molecule has 0 aliphatic carbocycles. The number of hydrogen-bond donors (Lipinski definition) is 2. The van der Waals surface area contributed by atoms with Crippen molar-refractivity contribution >= 4 is 17.3 Å².